The minimum atomic E-state index is -0.343. The smallest absolute Gasteiger partial charge is 0.270 e. The quantitative estimate of drug-likeness (QED) is 0.594. The van der Waals surface area contributed by atoms with Crippen LogP contribution < -0.4 is 10.6 Å². The Morgan fingerprint density at radius 1 is 0.786 bits per heavy atom. The molecule has 142 valence electrons. The lowest BCUT2D eigenvalue weighted by molar-refractivity contribution is 0.0942. The second kappa shape index (κ2) is 9.97. The molecular formula is C22H22N4O2. The summed E-state index contributed by atoms with van der Waals surface area (Å²) in [6.45, 7) is 0.850. The van der Waals surface area contributed by atoms with Crippen molar-refractivity contribution in [2.45, 2.75) is 19.4 Å². The summed E-state index contributed by atoms with van der Waals surface area (Å²) in [7, 11) is 0. The lowest BCUT2D eigenvalue weighted by atomic mass is 10.1. The number of rotatable bonds is 8. The molecule has 0 fully saturated rings. The molecule has 0 atom stereocenters. The van der Waals surface area contributed by atoms with E-state index in [4.69, 9.17) is 0 Å². The molecule has 28 heavy (non-hydrogen) atoms. The van der Waals surface area contributed by atoms with Gasteiger partial charge in [0.05, 0.1) is 12.2 Å². The minimum Gasteiger partial charge on any atom is -0.351 e. The van der Waals surface area contributed by atoms with E-state index in [1.54, 1.807) is 24.4 Å². The van der Waals surface area contributed by atoms with Gasteiger partial charge in [-0.25, -0.2) is 4.98 Å². The van der Waals surface area contributed by atoms with Gasteiger partial charge in [0.15, 0.2) is 0 Å². The maximum atomic E-state index is 12.3. The third kappa shape index (κ3) is 5.74. The Hall–Kier alpha value is -3.54. The molecule has 0 aliphatic rings. The Bertz CT molecular complexity index is 914. The first kappa shape index (κ1) is 19.2. The van der Waals surface area contributed by atoms with E-state index < -0.39 is 0 Å². The van der Waals surface area contributed by atoms with Gasteiger partial charge in [-0.2, -0.15) is 0 Å². The fourth-order valence-corrected chi connectivity index (χ4v) is 2.68. The van der Waals surface area contributed by atoms with Crippen molar-refractivity contribution in [2.75, 3.05) is 6.54 Å². The van der Waals surface area contributed by atoms with Crippen LogP contribution in [0, 0.1) is 0 Å². The van der Waals surface area contributed by atoms with Gasteiger partial charge in [0.2, 0.25) is 0 Å². The molecule has 0 radical (unpaired) electrons. The Balaban J connectivity index is 1.49. The number of pyridine rings is 2. The lowest BCUT2D eigenvalue weighted by Crippen LogP contribution is -2.28. The van der Waals surface area contributed by atoms with E-state index in [-0.39, 0.29) is 23.2 Å². The highest BCUT2D eigenvalue weighted by atomic mass is 16.2. The van der Waals surface area contributed by atoms with Crippen LogP contribution in [0.25, 0.3) is 0 Å². The van der Waals surface area contributed by atoms with Gasteiger partial charge in [-0.1, -0.05) is 42.5 Å². The van der Waals surface area contributed by atoms with Gasteiger partial charge in [0.1, 0.15) is 11.4 Å². The standard InChI is InChI=1S/C22H22N4O2/c27-21(24-15-7-10-17-8-2-1-3-9-17)19-12-6-13-20(26-19)22(28)25-16-18-11-4-5-14-23-18/h1-6,8-9,11-14H,7,10,15-16H2,(H,24,27)(H,25,28). The van der Waals surface area contributed by atoms with Crippen LogP contribution in [-0.4, -0.2) is 28.3 Å². The molecule has 0 unspecified atom stereocenters. The molecule has 0 bridgehead atoms. The number of carbonyl (C=O) groups is 2. The van der Waals surface area contributed by atoms with E-state index >= 15 is 0 Å². The van der Waals surface area contributed by atoms with E-state index in [1.807, 2.05) is 36.4 Å². The number of hydrogen-bond donors (Lipinski definition) is 2. The molecular weight excluding hydrogens is 352 g/mol. The van der Waals surface area contributed by atoms with Crippen molar-refractivity contribution < 1.29 is 9.59 Å². The summed E-state index contributed by atoms with van der Waals surface area (Å²) in [6.07, 6.45) is 3.40. The number of aryl methyl sites for hydroxylation is 1. The molecule has 2 N–H and O–H groups in total. The summed E-state index contributed by atoms with van der Waals surface area (Å²) in [5.74, 6) is -0.628. The molecule has 6 nitrogen and oxygen atoms in total. The molecule has 2 aromatic heterocycles. The fourth-order valence-electron chi connectivity index (χ4n) is 2.68. The number of nitrogens with one attached hydrogen (secondary N) is 2. The van der Waals surface area contributed by atoms with Crippen LogP contribution in [0.3, 0.4) is 0 Å². The molecule has 2 amide bonds. The van der Waals surface area contributed by atoms with Gasteiger partial charge in [-0.15, -0.1) is 0 Å². The van der Waals surface area contributed by atoms with Crippen LogP contribution >= 0.6 is 0 Å². The number of amides is 2. The van der Waals surface area contributed by atoms with Crippen molar-refractivity contribution in [3.05, 3.63) is 95.6 Å². The number of benzene rings is 1. The third-order valence-electron chi connectivity index (χ3n) is 4.14. The van der Waals surface area contributed by atoms with Crippen LogP contribution in [0.15, 0.2) is 72.9 Å². The topological polar surface area (TPSA) is 84.0 Å². The Morgan fingerprint density at radius 3 is 2.21 bits per heavy atom. The largest absolute Gasteiger partial charge is 0.351 e. The second-order valence-electron chi connectivity index (χ2n) is 6.26. The molecule has 3 rings (SSSR count). The van der Waals surface area contributed by atoms with Crippen LogP contribution in [0.2, 0.25) is 0 Å². The molecule has 0 saturated carbocycles. The maximum absolute atomic E-state index is 12.3. The molecule has 0 spiro atoms. The van der Waals surface area contributed by atoms with Crippen molar-refractivity contribution in [1.82, 2.24) is 20.6 Å². The van der Waals surface area contributed by atoms with E-state index in [0.717, 1.165) is 18.5 Å². The summed E-state index contributed by atoms with van der Waals surface area (Å²) in [5, 5.41) is 5.61. The predicted octanol–water partition coefficient (Wildman–Crippen LogP) is 2.77. The van der Waals surface area contributed by atoms with Crippen molar-refractivity contribution in [3.8, 4) is 0 Å². The monoisotopic (exact) mass is 374 g/mol. The fraction of sp³-hybridized carbons (Fsp3) is 0.182. The predicted molar refractivity (Wildman–Crippen MR) is 107 cm³/mol. The normalized spacial score (nSPS) is 10.3. The number of hydrogen-bond acceptors (Lipinski definition) is 4. The number of carbonyl (C=O) groups excluding carboxylic acids is 2. The van der Waals surface area contributed by atoms with E-state index in [1.165, 1.54) is 5.56 Å². The Morgan fingerprint density at radius 2 is 1.50 bits per heavy atom. The van der Waals surface area contributed by atoms with Gasteiger partial charge >= 0.3 is 0 Å². The number of nitrogens with zero attached hydrogens (tertiary/aromatic N) is 2. The highest BCUT2D eigenvalue weighted by molar-refractivity contribution is 5.96. The summed E-state index contributed by atoms with van der Waals surface area (Å²) < 4.78 is 0. The molecule has 3 aromatic rings. The van der Waals surface area contributed by atoms with Crippen LogP contribution in [0.5, 0.6) is 0 Å². The first-order chi connectivity index (χ1) is 13.7. The molecule has 0 aliphatic heterocycles. The zero-order chi connectivity index (χ0) is 19.6. The molecule has 6 heteroatoms. The summed E-state index contributed by atoms with van der Waals surface area (Å²) >= 11 is 0. The SMILES string of the molecule is O=C(NCCCc1ccccc1)c1cccc(C(=O)NCc2ccccn2)n1. The van der Waals surface area contributed by atoms with E-state index in [9.17, 15) is 9.59 Å². The zero-order valence-corrected chi connectivity index (χ0v) is 15.5. The third-order valence-corrected chi connectivity index (χ3v) is 4.14. The average Bonchev–Trinajstić information content (AvgIpc) is 2.76. The average molecular weight is 374 g/mol. The Kier molecular flexibility index (Phi) is 6.84. The highest BCUT2D eigenvalue weighted by Gasteiger charge is 2.12. The lowest BCUT2D eigenvalue weighted by Gasteiger charge is -2.07. The molecule has 0 saturated heterocycles. The molecule has 0 aliphatic carbocycles. The van der Waals surface area contributed by atoms with Crippen molar-refractivity contribution in [2.24, 2.45) is 0 Å². The van der Waals surface area contributed by atoms with Gasteiger partial charge < -0.3 is 10.6 Å². The number of aromatic nitrogens is 2. The first-order valence-corrected chi connectivity index (χ1v) is 9.19. The highest BCUT2D eigenvalue weighted by Crippen LogP contribution is 2.03. The summed E-state index contributed by atoms with van der Waals surface area (Å²) in [5.41, 5.74) is 2.42. The van der Waals surface area contributed by atoms with E-state index in [2.05, 4.69) is 32.7 Å². The second-order valence-corrected chi connectivity index (χ2v) is 6.26. The van der Waals surface area contributed by atoms with Crippen LogP contribution in [0.1, 0.15) is 38.7 Å². The van der Waals surface area contributed by atoms with Gasteiger partial charge in [-0.3, -0.25) is 14.6 Å². The van der Waals surface area contributed by atoms with Crippen LogP contribution in [-0.2, 0) is 13.0 Å². The Labute approximate surface area is 164 Å². The van der Waals surface area contributed by atoms with Crippen LogP contribution in [0.4, 0.5) is 0 Å². The summed E-state index contributed by atoms with van der Waals surface area (Å²) in [6, 6.07) is 20.5. The van der Waals surface area contributed by atoms with Crippen molar-refractivity contribution in [1.29, 1.82) is 0 Å². The zero-order valence-electron chi connectivity index (χ0n) is 15.5. The van der Waals surface area contributed by atoms with Crippen molar-refractivity contribution in [3.63, 3.8) is 0 Å². The van der Waals surface area contributed by atoms with Gasteiger partial charge in [0.25, 0.3) is 11.8 Å². The maximum Gasteiger partial charge on any atom is 0.270 e. The molecule has 2 heterocycles. The van der Waals surface area contributed by atoms with Gasteiger partial charge in [-0.05, 0) is 42.7 Å². The van der Waals surface area contributed by atoms with Crippen molar-refractivity contribution >= 4 is 11.8 Å². The first-order valence-electron chi connectivity index (χ1n) is 9.19. The summed E-state index contributed by atoms with van der Waals surface area (Å²) in [4.78, 5) is 32.9. The minimum absolute atomic E-state index is 0.202. The van der Waals surface area contributed by atoms with Gasteiger partial charge in [0, 0.05) is 12.7 Å². The molecule has 1 aromatic carbocycles. The van der Waals surface area contributed by atoms with E-state index in [0.29, 0.717) is 13.1 Å².